The molecular weight excluding hydrogens is 298 g/mol. The highest BCUT2D eigenvalue weighted by Crippen LogP contribution is 2.24. The Balaban J connectivity index is 1.88. The average molecular weight is 312 g/mol. The number of benzene rings is 1. The first-order valence-corrected chi connectivity index (χ1v) is 8.63. The van der Waals surface area contributed by atoms with Crippen LogP contribution in [0.4, 0.5) is 5.82 Å². The van der Waals surface area contributed by atoms with Crippen molar-refractivity contribution in [1.82, 2.24) is 9.97 Å². The maximum atomic E-state index is 11.4. The molecule has 20 heavy (non-hydrogen) atoms. The lowest BCUT2D eigenvalue weighted by molar-refractivity contribution is 0.559. The molecule has 0 spiro atoms. The van der Waals surface area contributed by atoms with Crippen molar-refractivity contribution in [3.8, 4) is 0 Å². The van der Waals surface area contributed by atoms with Gasteiger partial charge in [-0.3, -0.25) is 0 Å². The number of hydrogen-bond acceptors (Lipinski definition) is 5. The zero-order valence-corrected chi connectivity index (χ0v) is 12.3. The quantitative estimate of drug-likeness (QED) is 0.861. The van der Waals surface area contributed by atoms with Gasteiger partial charge in [-0.15, -0.1) is 0 Å². The first kappa shape index (κ1) is 13.6. The van der Waals surface area contributed by atoms with Crippen molar-refractivity contribution in [1.29, 1.82) is 0 Å². The van der Waals surface area contributed by atoms with Crippen LogP contribution in [-0.2, 0) is 9.84 Å². The lowest BCUT2D eigenvalue weighted by Crippen LogP contribution is -2.32. The van der Waals surface area contributed by atoms with Gasteiger partial charge in [-0.05, 0) is 36.6 Å². The van der Waals surface area contributed by atoms with Crippen molar-refractivity contribution in [3.05, 3.63) is 29.5 Å². The van der Waals surface area contributed by atoms with Crippen LogP contribution in [0.5, 0.6) is 0 Å². The predicted molar refractivity (Wildman–Crippen MR) is 79.8 cm³/mol. The van der Waals surface area contributed by atoms with Gasteiger partial charge < -0.3 is 5.32 Å². The van der Waals surface area contributed by atoms with Crippen LogP contribution >= 0.6 is 11.6 Å². The lowest BCUT2D eigenvalue weighted by atomic mass is 10.1. The minimum absolute atomic E-state index is 0.105. The summed E-state index contributed by atoms with van der Waals surface area (Å²) < 4.78 is 22.9. The minimum Gasteiger partial charge on any atom is -0.367 e. The van der Waals surface area contributed by atoms with E-state index in [1.54, 1.807) is 0 Å². The van der Waals surface area contributed by atoms with Gasteiger partial charge in [0.15, 0.2) is 0 Å². The van der Waals surface area contributed by atoms with Crippen molar-refractivity contribution < 1.29 is 8.42 Å². The molecule has 3 rings (SSSR count). The van der Waals surface area contributed by atoms with E-state index in [0.29, 0.717) is 18.7 Å². The van der Waals surface area contributed by atoms with Gasteiger partial charge in [0.05, 0.1) is 17.0 Å². The Bertz CT molecular complexity index is 734. The summed E-state index contributed by atoms with van der Waals surface area (Å²) in [6.45, 7) is 0. The molecule has 0 radical (unpaired) electrons. The molecule has 1 fully saturated rings. The molecule has 0 aliphatic carbocycles. The first-order chi connectivity index (χ1) is 9.53. The van der Waals surface area contributed by atoms with E-state index < -0.39 is 9.84 Å². The molecule has 5 nitrogen and oxygen atoms in total. The maximum Gasteiger partial charge on any atom is 0.224 e. The molecule has 0 atom stereocenters. The number of halogens is 1. The van der Waals surface area contributed by atoms with Crippen LogP contribution in [0.15, 0.2) is 24.3 Å². The van der Waals surface area contributed by atoms with Crippen molar-refractivity contribution in [3.63, 3.8) is 0 Å². The topological polar surface area (TPSA) is 72.0 Å². The summed E-state index contributed by atoms with van der Waals surface area (Å²) >= 11 is 5.93. The molecule has 0 bridgehead atoms. The summed E-state index contributed by atoms with van der Waals surface area (Å²) in [6.07, 6.45) is 1.19. The zero-order valence-electron chi connectivity index (χ0n) is 10.7. The number of para-hydroxylation sites is 1. The van der Waals surface area contributed by atoms with Crippen LogP contribution in [0.3, 0.4) is 0 Å². The molecule has 1 N–H and O–H groups in total. The number of anilines is 1. The largest absolute Gasteiger partial charge is 0.367 e. The highest BCUT2D eigenvalue weighted by molar-refractivity contribution is 7.91. The Morgan fingerprint density at radius 1 is 1.15 bits per heavy atom. The molecule has 1 saturated heterocycles. The summed E-state index contributed by atoms with van der Waals surface area (Å²) in [6, 6.07) is 7.71. The molecule has 2 heterocycles. The van der Waals surface area contributed by atoms with Crippen molar-refractivity contribution in [2.24, 2.45) is 0 Å². The highest BCUT2D eigenvalue weighted by Gasteiger charge is 2.24. The van der Waals surface area contributed by atoms with E-state index in [1.807, 2.05) is 24.3 Å². The number of aromatic nitrogens is 2. The van der Waals surface area contributed by atoms with Crippen LogP contribution in [0.2, 0.25) is 5.28 Å². The zero-order chi connectivity index (χ0) is 14.2. The number of hydrogen-bond donors (Lipinski definition) is 1. The monoisotopic (exact) mass is 311 g/mol. The van der Waals surface area contributed by atoms with Crippen LogP contribution in [0.25, 0.3) is 10.9 Å². The van der Waals surface area contributed by atoms with Crippen molar-refractivity contribution >= 4 is 38.2 Å². The molecule has 0 saturated carbocycles. The van der Waals surface area contributed by atoms with Crippen LogP contribution in [0.1, 0.15) is 12.8 Å². The minimum atomic E-state index is -2.86. The molecule has 1 aromatic heterocycles. The molecular formula is C13H14ClN3O2S. The fraction of sp³-hybridized carbons (Fsp3) is 0.385. The average Bonchev–Trinajstić information content (AvgIpc) is 2.41. The van der Waals surface area contributed by atoms with Crippen molar-refractivity contribution in [2.45, 2.75) is 18.9 Å². The van der Waals surface area contributed by atoms with E-state index in [-0.39, 0.29) is 22.8 Å². The molecule has 1 aliphatic rings. The molecule has 1 aliphatic heterocycles. The van der Waals surface area contributed by atoms with E-state index in [2.05, 4.69) is 15.3 Å². The number of fused-ring (bicyclic) bond motifs is 1. The lowest BCUT2D eigenvalue weighted by Gasteiger charge is -2.24. The summed E-state index contributed by atoms with van der Waals surface area (Å²) in [4.78, 5) is 8.40. The Morgan fingerprint density at radius 2 is 1.85 bits per heavy atom. The normalized spacial score (nSPS) is 19.1. The Morgan fingerprint density at radius 3 is 2.60 bits per heavy atom. The fourth-order valence-corrected chi connectivity index (χ4v) is 4.05. The molecule has 0 amide bonds. The van der Waals surface area contributed by atoms with Crippen LogP contribution in [0, 0.1) is 0 Å². The van der Waals surface area contributed by atoms with E-state index in [4.69, 9.17) is 11.6 Å². The van der Waals surface area contributed by atoms with Gasteiger partial charge in [0.25, 0.3) is 0 Å². The first-order valence-electron chi connectivity index (χ1n) is 6.43. The molecule has 1 aromatic carbocycles. The van der Waals surface area contributed by atoms with Crippen LogP contribution in [-0.4, -0.2) is 35.9 Å². The third kappa shape index (κ3) is 2.86. The summed E-state index contributed by atoms with van der Waals surface area (Å²) in [5, 5.41) is 4.39. The van der Waals surface area contributed by atoms with Gasteiger partial charge in [0.2, 0.25) is 5.28 Å². The number of nitrogens with zero attached hydrogens (tertiary/aromatic N) is 2. The predicted octanol–water partition coefficient (Wildman–Crippen LogP) is 2.27. The number of sulfone groups is 1. The maximum absolute atomic E-state index is 11.4. The van der Waals surface area contributed by atoms with Gasteiger partial charge in [0.1, 0.15) is 15.7 Å². The molecule has 7 heteroatoms. The Labute approximate surface area is 122 Å². The second-order valence-electron chi connectivity index (χ2n) is 4.93. The SMILES string of the molecule is O=S1(=O)CCC(Nc2nc(Cl)nc3ccccc23)CC1. The number of rotatable bonds is 2. The van der Waals surface area contributed by atoms with E-state index in [1.165, 1.54) is 0 Å². The van der Waals surface area contributed by atoms with Crippen molar-refractivity contribution in [2.75, 3.05) is 16.8 Å². The smallest absolute Gasteiger partial charge is 0.224 e. The van der Waals surface area contributed by atoms with E-state index in [0.717, 1.165) is 10.9 Å². The van der Waals surface area contributed by atoms with Gasteiger partial charge in [-0.25, -0.2) is 18.4 Å². The highest BCUT2D eigenvalue weighted by atomic mass is 35.5. The molecule has 0 unspecified atom stereocenters. The van der Waals surface area contributed by atoms with Crippen LogP contribution < -0.4 is 5.32 Å². The fourth-order valence-electron chi connectivity index (χ4n) is 2.39. The van der Waals surface area contributed by atoms with Gasteiger partial charge in [-0.2, -0.15) is 0 Å². The standard InChI is InChI=1S/C13H14ClN3O2S/c14-13-16-11-4-2-1-3-10(11)12(17-13)15-9-5-7-20(18,19)8-6-9/h1-4,9H,5-8H2,(H,15,16,17). The Kier molecular flexibility index (Phi) is 3.52. The second kappa shape index (κ2) is 5.18. The summed E-state index contributed by atoms with van der Waals surface area (Å²) in [5.74, 6) is 1.12. The third-order valence-electron chi connectivity index (χ3n) is 3.47. The number of nitrogens with one attached hydrogen (secondary N) is 1. The third-order valence-corrected chi connectivity index (χ3v) is 5.36. The molecule has 106 valence electrons. The van der Waals surface area contributed by atoms with E-state index in [9.17, 15) is 8.42 Å². The van der Waals surface area contributed by atoms with Gasteiger partial charge in [0, 0.05) is 11.4 Å². The summed E-state index contributed by atoms with van der Waals surface area (Å²) in [5.41, 5.74) is 0.776. The molecule has 2 aromatic rings. The van der Waals surface area contributed by atoms with E-state index >= 15 is 0 Å². The van der Waals surface area contributed by atoms with Gasteiger partial charge in [-0.1, -0.05) is 12.1 Å². The van der Waals surface area contributed by atoms with Gasteiger partial charge >= 0.3 is 0 Å². The summed E-state index contributed by atoms with van der Waals surface area (Å²) in [7, 11) is -2.86. The second-order valence-corrected chi connectivity index (χ2v) is 7.57. The Hall–Kier alpha value is -1.40.